The van der Waals surface area contributed by atoms with Crippen molar-refractivity contribution in [3.05, 3.63) is 128 Å². The normalized spacial score (nSPS) is 10.7. The van der Waals surface area contributed by atoms with Crippen LogP contribution in [0.2, 0.25) is 0 Å². The fraction of sp³-hybridized carbons (Fsp3) is 0.154. The largest absolute Gasteiger partial charge is 0.352 e. The molecule has 0 N–H and O–H groups in total. The molecular formula is C26H24N4O3. The van der Waals surface area contributed by atoms with Crippen molar-refractivity contribution in [1.82, 2.24) is 19.2 Å². The molecule has 1 aromatic heterocycles. The summed E-state index contributed by atoms with van der Waals surface area (Å²) in [5.41, 5.74) is 1.58. The molecule has 7 nitrogen and oxygen atoms in total. The van der Waals surface area contributed by atoms with E-state index in [4.69, 9.17) is 0 Å². The van der Waals surface area contributed by atoms with Gasteiger partial charge in [0, 0.05) is 13.6 Å². The third-order valence-electron chi connectivity index (χ3n) is 5.30. The SMILES string of the molecule is Cc1cccc(Cn2c(=O)c(C(=O)N(C)Cc3ccccc3)nn(-c3ccccc3)c2=O)c1. The molecule has 3 aromatic carbocycles. The Morgan fingerprint density at radius 3 is 2.18 bits per heavy atom. The minimum Gasteiger partial charge on any atom is -0.336 e. The Kier molecular flexibility index (Phi) is 6.31. The molecule has 0 bridgehead atoms. The van der Waals surface area contributed by atoms with Gasteiger partial charge in [-0.15, -0.1) is 0 Å². The van der Waals surface area contributed by atoms with Gasteiger partial charge >= 0.3 is 5.69 Å². The molecule has 0 fully saturated rings. The third-order valence-corrected chi connectivity index (χ3v) is 5.30. The first-order valence-corrected chi connectivity index (χ1v) is 10.6. The zero-order valence-electron chi connectivity index (χ0n) is 18.5. The van der Waals surface area contributed by atoms with E-state index in [9.17, 15) is 14.4 Å². The summed E-state index contributed by atoms with van der Waals surface area (Å²) >= 11 is 0. The van der Waals surface area contributed by atoms with E-state index < -0.39 is 17.2 Å². The van der Waals surface area contributed by atoms with E-state index in [1.807, 2.05) is 67.6 Å². The molecule has 33 heavy (non-hydrogen) atoms. The molecule has 7 heteroatoms. The lowest BCUT2D eigenvalue weighted by Crippen LogP contribution is -2.46. The molecule has 0 aliphatic heterocycles. The van der Waals surface area contributed by atoms with Crippen molar-refractivity contribution in [1.29, 1.82) is 0 Å². The summed E-state index contributed by atoms with van der Waals surface area (Å²) < 4.78 is 2.18. The third kappa shape index (κ3) is 4.82. The summed E-state index contributed by atoms with van der Waals surface area (Å²) in [4.78, 5) is 41.2. The molecular weight excluding hydrogens is 416 g/mol. The molecule has 1 amide bonds. The number of benzene rings is 3. The van der Waals surface area contributed by atoms with Crippen LogP contribution in [-0.2, 0) is 13.1 Å². The van der Waals surface area contributed by atoms with Gasteiger partial charge in [-0.05, 0) is 30.2 Å². The van der Waals surface area contributed by atoms with Crippen LogP contribution in [0, 0.1) is 6.92 Å². The molecule has 4 rings (SSSR count). The van der Waals surface area contributed by atoms with Crippen LogP contribution >= 0.6 is 0 Å². The van der Waals surface area contributed by atoms with Gasteiger partial charge in [-0.1, -0.05) is 78.4 Å². The van der Waals surface area contributed by atoms with E-state index >= 15 is 0 Å². The van der Waals surface area contributed by atoms with E-state index in [1.165, 1.54) is 4.90 Å². The maximum atomic E-state index is 13.3. The molecule has 0 radical (unpaired) electrons. The Hall–Kier alpha value is -4.26. The van der Waals surface area contributed by atoms with Crippen LogP contribution in [0.4, 0.5) is 0 Å². The van der Waals surface area contributed by atoms with Crippen LogP contribution in [0.1, 0.15) is 27.2 Å². The predicted molar refractivity (Wildman–Crippen MR) is 127 cm³/mol. The van der Waals surface area contributed by atoms with Crippen molar-refractivity contribution in [3.8, 4) is 5.69 Å². The van der Waals surface area contributed by atoms with E-state index in [1.54, 1.807) is 31.3 Å². The number of hydrogen-bond donors (Lipinski definition) is 0. The molecule has 0 saturated heterocycles. The molecule has 0 saturated carbocycles. The highest BCUT2D eigenvalue weighted by atomic mass is 16.2. The van der Waals surface area contributed by atoms with Crippen LogP contribution in [0.25, 0.3) is 5.69 Å². The number of para-hydroxylation sites is 1. The van der Waals surface area contributed by atoms with Gasteiger partial charge in [-0.25, -0.2) is 4.79 Å². The molecule has 0 spiro atoms. The summed E-state index contributed by atoms with van der Waals surface area (Å²) in [7, 11) is 1.61. The van der Waals surface area contributed by atoms with Gasteiger partial charge in [0.25, 0.3) is 11.5 Å². The molecule has 4 aromatic rings. The van der Waals surface area contributed by atoms with Crippen LogP contribution in [-0.4, -0.2) is 32.2 Å². The van der Waals surface area contributed by atoms with Gasteiger partial charge in [0.1, 0.15) is 0 Å². The number of aromatic nitrogens is 3. The molecule has 0 aliphatic rings. The van der Waals surface area contributed by atoms with Crippen LogP contribution < -0.4 is 11.2 Å². The fourth-order valence-corrected chi connectivity index (χ4v) is 3.63. The minimum absolute atomic E-state index is 0.0391. The zero-order chi connectivity index (χ0) is 23.4. The number of nitrogens with zero attached hydrogens (tertiary/aromatic N) is 4. The van der Waals surface area contributed by atoms with E-state index in [-0.39, 0.29) is 12.2 Å². The van der Waals surface area contributed by atoms with Crippen LogP contribution in [0.5, 0.6) is 0 Å². The maximum Gasteiger partial charge on any atom is 0.352 e. The quantitative estimate of drug-likeness (QED) is 0.462. The average Bonchev–Trinajstić information content (AvgIpc) is 2.83. The van der Waals surface area contributed by atoms with Crippen molar-refractivity contribution < 1.29 is 4.79 Å². The van der Waals surface area contributed by atoms with Crippen molar-refractivity contribution in [3.63, 3.8) is 0 Å². The summed E-state index contributed by atoms with van der Waals surface area (Å²) in [6.45, 7) is 2.29. The molecule has 0 unspecified atom stereocenters. The lowest BCUT2D eigenvalue weighted by Gasteiger charge is -2.18. The highest BCUT2D eigenvalue weighted by Crippen LogP contribution is 2.08. The second-order valence-corrected chi connectivity index (χ2v) is 7.91. The summed E-state index contributed by atoms with van der Waals surface area (Å²) in [6, 6.07) is 25.8. The lowest BCUT2D eigenvalue weighted by atomic mass is 10.1. The topological polar surface area (TPSA) is 77.2 Å². The van der Waals surface area contributed by atoms with Crippen molar-refractivity contribution in [2.45, 2.75) is 20.0 Å². The molecule has 166 valence electrons. The molecule has 1 heterocycles. The minimum atomic E-state index is -0.710. The van der Waals surface area contributed by atoms with Gasteiger partial charge in [0.05, 0.1) is 12.2 Å². The lowest BCUT2D eigenvalue weighted by molar-refractivity contribution is 0.0773. The number of carbonyl (C=O) groups excluding carboxylic acids is 1. The Bertz CT molecular complexity index is 1390. The smallest absolute Gasteiger partial charge is 0.336 e. The standard InChI is InChI=1S/C26H24N4O3/c1-19-10-9-13-21(16-19)18-29-25(32)23(24(31)28(2)17-20-11-5-3-6-12-20)27-30(26(29)33)22-14-7-4-8-15-22/h3-16H,17-18H2,1-2H3. The van der Waals surface area contributed by atoms with Gasteiger partial charge in [0.15, 0.2) is 0 Å². The number of carbonyl (C=O) groups is 1. The maximum absolute atomic E-state index is 13.3. The Labute approximate surface area is 191 Å². The Morgan fingerprint density at radius 2 is 1.52 bits per heavy atom. The average molecular weight is 441 g/mol. The second-order valence-electron chi connectivity index (χ2n) is 7.91. The summed E-state index contributed by atoms with van der Waals surface area (Å²) in [5.74, 6) is -0.550. The highest BCUT2D eigenvalue weighted by Gasteiger charge is 2.23. The van der Waals surface area contributed by atoms with Crippen molar-refractivity contribution >= 4 is 5.91 Å². The van der Waals surface area contributed by atoms with E-state index in [0.717, 1.165) is 25.9 Å². The van der Waals surface area contributed by atoms with Crippen molar-refractivity contribution in [2.24, 2.45) is 0 Å². The summed E-state index contributed by atoms with van der Waals surface area (Å²) in [5, 5.41) is 4.20. The van der Waals surface area contributed by atoms with E-state index in [2.05, 4.69) is 5.10 Å². The van der Waals surface area contributed by atoms with Crippen LogP contribution in [0.15, 0.2) is 94.5 Å². The van der Waals surface area contributed by atoms with Gasteiger partial charge in [-0.2, -0.15) is 9.78 Å². The van der Waals surface area contributed by atoms with Gasteiger partial charge in [-0.3, -0.25) is 14.2 Å². The first kappa shape index (κ1) is 22.0. The highest BCUT2D eigenvalue weighted by molar-refractivity contribution is 5.91. The monoisotopic (exact) mass is 440 g/mol. The number of hydrogen-bond acceptors (Lipinski definition) is 4. The molecule has 0 atom stereocenters. The second kappa shape index (κ2) is 9.48. The van der Waals surface area contributed by atoms with Crippen LogP contribution in [0.3, 0.4) is 0 Å². The first-order chi connectivity index (χ1) is 15.9. The number of aryl methyl sites for hydroxylation is 1. The first-order valence-electron chi connectivity index (χ1n) is 10.6. The Balaban J connectivity index is 1.81. The number of amides is 1. The van der Waals surface area contributed by atoms with E-state index in [0.29, 0.717) is 12.2 Å². The number of rotatable bonds is 6. The zero-order valence-corrected chi connectivity index (χ0v) is 18.5. The Morgan fingerprint density at radius 1 is 0.879 bits per heavy atom. The fourth-order valence-electron chi connectivity index (χ4n) is 3.63. The van der Waals surface area contributed by atoms with Gasteiger partial charge in [0.2, 0.25) is 5.69 Å². The molecule has 0 aliphatic carbocycles. The summed E-state index contributed by atoms with van der Waals surface area (Å²) in [6.07, 6.45) is 0. The predicted octanol–water partition coefficient (Wildman–Crippen LogP) is 3.02. The van der Waals surface area contributed by atoms with Gasteiger partial charge < -0.3 is 4.90 Å². The van der Waals surface area contributed by atoms with Crippen molar-refractivity contribution in [2.75, 3.05) is 7.05 Å².